The predicted molar refractivity (Wildman–Crippen MR) is 68.1 cm³/mol. The molecule has 15 heavy (non-hydrogen) atoms. The van der Waals surface area contributed by atoms with E-state index in [9.17, 15) is 0 Å². The van der Waals surface area contributed by atoms with E-state index in [-0.39, 0.29) is 0 Å². The maximum absolute atomic E-state index is 5.59. The summed E-state index contributed by atoms with van der Waals surface area (Å²) in [7, 11) is 0. The number of aliphatic imine (C=N–C) groups is 2. The van der Waals surface area contributed by atoms with Crippen LogP contribution in [0.2, 0.25) is 0 Å². The van der Waals surface area contributed by atoms with Gasteiger partial charge in [0, 0.05) is 12.4 Å². The van der Waals surface area contributed by atoms with Gasteiger partial charge in [0.1, 0.15) is 5.84 Å². The minimum Gasteiger partial charge on any atom is -0.382 e. The molecule has 0 aromatic carbocycles. The van der Waals surface area contributed by atoms with Crippen molar-refractivity contribution in [1.82, 2.24) is 0 Å². The summed E-state index contributed by atoms with van der Waals surface area (Å²) < 4.78 is 0. The molecule has 0 aliphatic rings. The van der Waals surface area contributed by atoms with E-state index < -0.39 is 0 Å². The topological polar surface area (TPSA) is 50.7 Å². The van der Waals surface area contributed by atoms with Gasteiger partial charge in [-0.25, -0.2) is 4.99 Å². The highest BCUT2D eigenvalue weighted by molar-refractivity contribution is 6.28. The molecule has 0 atom stereocenters. The van der Waals surface area contributed by atoms with Gasteiger partial charge in [0.15, 0.2) is 0 Å². The van der Waals surface area contributed by atoms with Gasteiger partial charge in [0.05, 0.1) is 6.21 Å². The van der Waals surface area contributed by atoms with Crippen LogP contribution < -0.4 is 5.73 Å². The Bertz CT molecular complexity index is 260. The zero-order chi connectivity index (χ0) is 11.5. The monoisotopic (exact) mass is 207 g/mol. The summed E-state index contributed by atoms with van der Waals surface area (Å²) in [5.74, 6) is 0.931. The van der Waals surface area contributed by atoms with Crippen LogP contribution in [0.5, 0.6) is 0 Å². The van der Waals surface area contributed by atoms with Crippen LogP contribution in [0, 0.1) is 5.92 Å². The first-order valence-corrected chi connectivity index (χ1v) is 5.35. The molecule has 3 nitrogen and oxygen atoms in total. The molecule has 0 radical (unpaired) electrons. The zero-order valence-electron chi connectivity index (χ0n) is 9.85. The van der Waals surface area contributed by atoms with Crippen molar-refractivity contribution in [3.63, 3.8) is 0 Å². The third-order valence-electron chi connectivity index (χ3n) is 1.55. The summed E-state index contributed by atoms with van der Waals surface area (Å²) in [5, 5.41) is 0. The van der Waals surface area contributed by atoms with Crippen molar-refractivity contribution in [2.24, 2.45) is 21.6 Å². The van der Waals surface area contributed by atoms with Crippen molar-refractivity contribution >= 4 is 12.1 Å². The highest BCUT2D eigenvalue weighted by Crippen LogP contribution is 1.92. The van der Waals surface area contributed by atoms with Crippen LogP contribution in [0.3, 0.4) is 0 Å². The van der Waals surface area contributed by atoms with Crippen molar-refractivity contribution in [2.45, 2.75) is 33.6 Å². The second kappa shape index (κ2) is 9.19. The molecule has 0 amide bonds. The standard InChI is InChI=1S/C12H21N3/c1-4-5-6-8-15-12(13)10-14-9-7-11(2)3/h6-11H,4-5H2,1-3H3,(H2,13,15)/b8-6+,9-7+,14-10+. The largest absolute Gasteiger partial charge is 0.382 e. The zero-order valence-corrected chi connectivity index (χ0v) is 9.85. The molecule has 0 aliphatic carbocycles. The van der Waals surface area contributed by atoms with E-state index in [1.165, 1.54) is 0 Å². The molecule has 0 aromatic rings. The van der Waals surface area contributed by atoms with Crippen LogP contribution in [0.15, 0.2) is 34.5 Å². The molecule has 0 aliphatic heterocycles. The number of hydrogen-bond acceptors (Lipinski definition) is 2. The average molecular weight is 207 g/mol. The Morgan fingerprint density at radius 2 is 2.07 bits per heavy atom. The number of amidine groups is 1. The Labute approximate surface area is 92.5 Å². The first-order valence-electron chi connectivity index (χ1n) is 5.35. The third kappa shape index (κ3) is 10.5. The summed E-state index contributed by atoms with van der Waals surface area (Å²) in [6.45, 7) is 6.31. The summed E-state index contributed by atoms with van der Waals surface area (Å²) in [4.78, 5) is 8.02. The van der Waals surface area contributed by atoms with E-state index in [1.54, 1.807) is 18.6 Å². The van der Waals surface area contributed by atoms with Crippen LogP contribution in [-0.4, -0.2) is 12.1 Å². The quantitative estimate of drug-likeness (QED) is 0.528. The third-order valence-corrected chi connectivity index (χ3v) is 1.55. The van der Waals surface area contributed by atoms with Crippen LogP contribution in [0.1, 0.15) is 33.6 Å². The molecule has 84 valence electrons. The lowest BCUT2D eigenvalue weighted by atomic mass is 10.2. The van der Waals surface area contributed by atoms with Gasteiger partial charge in [-0.1, -0.05) is 39.3 Å². The molecule has 3 heteroatoms. The maximum atomic E-state index is 5.59. The van der Waals surface area contributed by atoms with Crippen molar-refractivity contribution in [1.29, 1.82) is 0 Å². The van der Waals surface area contributed by atoms with E-state index in [0.29, 0.717) is 11.8 Å². The number of hydrogen-bond donors (Lipinski definition) is 1. The van der Waals surface area contributed by atoms with E-state index in [0.717, 1.165) is 12.8 Å². The van der Waals surface area contributed by atoms with Crippen molar-refractivity contribution < 1.29 is 0 Å². The number of nitrogens with zero attached hydrogens (tertiary/aromatic N) is 2. The maximum Gasteiger partial charge on any atom is 0.141 e. The fourth-order valence-electron chi connectivity index (χ4n) is 0.755. The van der Waals surface area contributed by atoms with Crippen molar-refractivity contribution in [3.05, 3.63) is 24.6 Å². The van der Waals surface area contributed by atoms with Gasteiger partial charge in [-0.3, -0.25) is 4.99 Å². The molecule has 0 aromatic heterocycles. The smallest absolute Gasteiger partial charge is 0.141 e. The van der Waals surface area contributed by atoms with Gasteiger partial charge in [-0.15, -0.1) is 0 Å². The summed E-state index contributed by atoms with van der Waals surface area (Å²) in [6, 6.07) is 0. The van der Waals surface area contributed by atoms with E-state index in [4.69, 9.17) is 5.73 Å². The normalized spacial score (nSPS) is 14.0. The lowest BCUT2D eigenvalue weighted by Gasteiger charge is -1.90. The molecular formula is C12H21N3. The number of nitrogens with two attached hydrogens (primary N) is 1. The van der Waals surface area contributed by atoms with Crippen LogP contribution in [0.4, 0.5) is 0 Å². The summed E-state index contributed by atoms with van der Waals surface area (Å²) in [6.07, 6.45) is 11.1. The van der Waals surface area contributed by atoms with E-state index in [1.807, 2.05) is 12.2 Å². The number of allylic oxidation sites excluding steroid dienone is 2. The predicted octanol–water partition coefficient (Wildman–Crippen LogP) is 2.90. The molecule has 0 unspecified atom stereocenters. The second-order valence-corrected chi connectivity index (χ2v) is 3.59. The highest BCUT2D eigenvalue weighted by atomic mass is 14.9. The van der Waals surface area contributed by atoms with Gasteiger partial charge >= 0.3 is 0 Å². The molecule has 0 saturated carbocycles. The number of rotatable bonds is 6. The molecule has 0 saturated heterocycles. The average Bonchev–Trinajstić information content (AvgIpc) is 2.19. The Hall–Kier alpha value is -1.38. The van der Waals surface area contributed by atoms with E-state index in [2.05, 4.69) is 30.8 Å². The van der Waals surface area contributed by atoms with Crippen molar-refractivity contribution in [3.8, 4) is 0 Å². The van der Waals surface area contributed by atoms with Crippen LogP contribution in [-0.2, 0) is 0 Å². The minimum atomic E-state index is 0.427. The van der Waals surface area contributed by atoms with Gasteiger partial charge < -0.3 is 5.73 Å². The van der Waals surface area contributed by atoms with Gasteiger partial charge in [-0.2, -0.15) is 0 Å². The molecule has 0 spiro atoms. The minimum absolute atomic E-state index is 0.427. The summed E-state index contributed by atoms with van der Waals surface area (Å²) >= 11 is 0. The van der Waals surface area contributed by atoms with Gasteiger partial charge in [-0.05, 0) is 12.3 Å². The first-order chi connectivity index (χ1) is 7.16. The molecule has 0 fully saturated rings. The molecule has 0 heterocycles. The summed E-state index contributed by atoms with van der Waals surface area (Å²) in [5.41, 5.74) is 5.59. The molecule has 0 bridgehead atoms. The number of unbranched alkanes of at least 4 members (excludes halogenated alkanes) is 1. The molecule has 2 N–H and O–H groups in total. The fourth-order valence-corrected chi connectivity index (χ4v) is 0.755. The fraction of sp³-hybridized carbons (Fsp3) is 0.500. The van der Waals surface area contributed by atoms with Gasteiger partial charge in [0.2, 0.25) is 0 Å². The Morgan fingerprint density at radius 3 is 2.67 bits per heavy atom. The molecule has 0 rings (SSSR count). The van der Waals surface area contributed by atoms with Crippen LogP contribution >= 0.6 is 0 Å². The Morgan fingerprint density at radius 1 is 1.33 bits per heavy atom. The SMILES string of the molecule is CCC/C=C/N=C(N)\C=N\C=C\C(C)C. The molecular weight excluding hydrogens is 186 g/mol. The highest BCUT2D eigenvalue weighted by Gasteiger charge is 1.82. The second-order valence-electron chi connectivity index (χ2n) is 3.59. The lowest BCUT2D eigenvalue weighted by molar-refractivity contribution is 0.829. The van der Waals surface area contributed by atoms with Gasteiger partial charge in [0.25, 0.3) is 0 Å². The lowest BCUT2D eigenvalue weighted by Crippen LogP contribution is -2.11. The van der Waals surface area contributed by atoms with E-state index >= 15 is 0 Å². The first kappa shape index (κ1) is 13.6. The Balaban J connectivity index is 3.95. The Kier molecular flexibility index (Phi) is 8.34. The van der Waals surface area contributed by atoms with Crippen LogP contribution in [0.25, 0.3) is 0 Å². The van der Waals surface area contributed by atoms with Crippen molar-refractivity contribution in [2.75, 3.05) is 0 Å².